The van der Waals surface area contributed by atoms with Crippen LogP contribution in [0.5, 0.6) is 0 Å². The number of carbonyl (C=O) groups is 1. The van der Waals surface area contributed by atoms with Gasteiger partial charge in [0.1, 0.15) is 12.7 Å². The van der Waals surface area contributed by atoms with Crippen LogP contribution in [0.15, 0.2) is 67.3 Å². The first kappa shape index (κ1) is 15.9. The highest BCUT2D eigenvalue weighted by atomic mass is 16.1. The summed E-state index contributed by atoms with van der Waals surface area (Å²) in [4.78, 5) is 16.2. The van der Waals surface area contributed by atoms with E-state index in [9.17, 15) is 4.79 Å². The number of nitrogens with zero attached hydrogens (tertiary/aromatic N) is 3. The van der Waals surface area contributed by atoms with Crippen LogP contribution in [0.1, 0.15) is 34.3 Å². The fourth-order valence-electron chi connectivity index (χ4n) is 2.51. The maximum absolute atomic E-state index is 12.3. The van der Waals surface area contributed by atoms with Crippen LogP contribution in [0.4, 0.5) is 0 Å². The molecule has 24 heavy (non-hydrogen) atoms. The molecule has 1 atom stereocenters. The van der Waals surface area contributed by atoms with Crippen LogP contribution in [0.2, 0.25) is 0 Å². The van der Waals surface area contributed by atoms with Crippen LogP contribution >= 0.6 is 0 Å². The fourth-order valence-corrected chi connectivity index (χ4v) is 2.51. The standard InChI is InChI=1S/C19H20N4O/c1-15(17-5-3-2-4-6-17)11-21-19(24)18-9-7-16(8-10-18)12-23-14-20-13-22-23/h2-10,13-15H,11-12H2,1H3,(H,21,24). The van der Waals surface area contributed by atoms with Gasteiger partial charge in [-0.3, -0.25) is 4.79 Å². The number of aromatic nitrogens is 3. The predicted octanol–water partition coefficient (Wildman–Crippen LogP) is 2.86. The topological polar surface area (TPSA) is 59.8 Å². The molecule has 0 saturated heterocycles. The number of hydrogen-bond donors (Lipinski definition) is 1. The molecular formula is C19H20N4O. The second kappa shape index (κ2) is 7.55. The van der Waals surface area contributed by atoms with Gasteiger partial charge in [0, 0.05) is 12.1 Å². The Morgan fingerprint density at radius 2 is 1.88 bits per heavy atom. The molecule has 5 heteroatoms. The Kier molecular flexibility index (Phi) is 5.01. The van der Waals surface area contributed by atoms with E-state index >= 15 is 0 Å². The molecule has 122 valence electrons. The lowest BCUT2D eigenvalue weighted by atomic mass is 10.0. The molecule has 1 unspecified atom stereocenters. The second-order valence-corrected chi connectivity index (χ2v) is 5.81. The van der Waals surface area contributed by atoms with Crippen LogP contribution in [0.3, 0.4) is 0 Å². The van der Waals surface area contributed by atoms with Crippen LogP contribution < -0.4 is 5.32 Å². The zero-order chi connectivity index (χ0) is 16.8. The maximum Gasteiger partial charge on any atom is 0.251 e. The van der Waals surface area contributed by atoms with Crippen molar-refractivity contribution in [3.8, 4) is 0 Å². The van der Waals surface area contributed by atoms with Crippen molar-refractivity contribution in [2.75, 3.05) is 6.54 Å². The van der Waals surface area contributed by atoms with Gasteiger partial charge >= 0.3 is 0 Å². The highest BCUT2D eigenvalue weighted by molar-refractivity contribution is 5.94. The van der Waals surface area contributed by atoms with Crippen molar-refractivity contribution >= 4 is 5.91 Å². The van der Waals surface area contributed by atoms with Gasteiger partial charge in [0.15, 0.2) is 0 Å². The van der Waals surface area contributed by atoms with Gasteiger partial charge in [-0.25, -0.2) is 9.67 Å². The molecule has 1 amide bonds. The summed E-state index contributed by atoms with van der Waals surface area (Å²) >= 11 is 0. The monoisotopic (exact) mass is 320 g/mol. The molecule has 1 N–H and O–H groups in total. The van der Waals surface area contributed by atoms with Crippen molar-refractivity contribution < 1.29 is 4.79 Å². The molecule has 0 aliphatic carbocycles. The number of rotatable bonds is 6. The van der Waals surface area contributed by atoms with Crippen molar-refractivity contribution in [2.24, 2.45) is 0 Å². The van der Waals surface area contributed by atoms with E-state index in [2.05, 4.69) is 34.5 Å². The minimum Gasteiger partial charge on any atom is -0.351 e. The largest absolute Gasteiger partial charge is 0.351 e. The molecule has 0 radical (unpaired) electrons. The van der Waals surface area contributed by atoms with Gasteiger partial charge in [0.2, 0.25) is 0 Å². The first-order valence-corrected chi connectivity index (χ1v) is 7.97. The average molecular weight is 320 g/mol. The minimum atomic E-state index is -0.0508. The van der Waals surface area contributed by atoms with Crippen molar-refractivity contribution in [3.63, 3.8) is 0 Å². The van der Waals surface area contributed by atoms with Crippen molar-refractivity contribution in [1.82, 2.24) is 20.1 Å². The van der Waals surface area contributed by atoms with Crippen molar-refractivity contribution in [2.45, 2.75) is 19.4 Å². The fraction of sp³-hybridized carbons (Fsp3) is 0.211. The summed E-state index contributed by atoms with van der Waals surface area (Å²) in [5.41, 5.74) is 2.97. The van der Waals surface area contributed by atoms with Gasteiger partial charge in [-0.1, -0.05) is 49.4 Å². The highest BCUT2D eigenvalue weighted by Crippen LogP contribution is 2.13. The zero-order valence-electron chi connectivity index (χ0n) is 13.6. The lowest BCUT2D eigenvalue weighted by Crippen LogP contribution is -2.27. The van der Waals surface area contributed by atoms with E-state index < -0.39 is 0 Å². The van der Waals surface area contributed by atoms with Gasteiger partial charge in [-0.2, -0.15) is 5.10 Å². The number of benzene rings is 2. The van der Waals surface area contributed by atoms with E-state index in [0.29, 0.717) is 18.7 Å². The number of nitrogens with one attached hydrogen (secondary N) is 1. The predicted molar refractivity (Wildman–Crippen MR) is 92.8 cm³/mol. The van der Waals surface area contributed by atoms with Gasteiger partial charge in [0.05, 0.1) is 6.54 Å². The number of amides is 1. The van der Waals surface area contributed by atoms with Crippen molar-refractivity contribution in [1.29, 1.82) is 0 Å². The van der Waals surface area contributed by atoms with E-state index in [1.165, 1.54) is 11.9 Å². The first-order valence-electron chi connectivity index (χ1n) is 7.97. The summed E-state index contributed by atoms with van der Waals surface area (Å²) in [5, 5.41) is 7.07. The SMILES string of the molecule is CC(CNC(=O)c1ccc(Cn2cncn2)cc1)c1ccccc1. The minimum absolute atomic E-state index is 0.0508. The Hall–Kier alpha value is -2.95. The maximum atomic E-state index is 12.3. The molecule has 3 rings (SSSR count). The van der Waals surface area contributed by atoms with Crippen LogP contribution in [-0.4, -0.2) is 27.2 Å². The Labute approximate surface area is 141 Å². The quantitative estimate of drug-likeness (QED) is 0.760. The molecule has 5 nitrogen and oxygen atoms in total. The van der Waals surface area contributed by atoms with E-state index in [1.807, 2.05) is 42.5 Å². The molecule has 0 fully saturated rings. The molecule has 0 spiro atoms. The van der Waals surface area contributed by atoms with Crippen molar-refractivity contribution in [3.05, 3.63) is 83.9 Å². The molecule has 0 bridgehead atoms. The molecule has 2 aromatic carbocycles. The summed E-state index contributed by atoms with van der Waals surface area (Å²) in [5.74, 6) is 0.229. The third-order valence-corrected chi connectivity index (χ3v) is 3.96. The van der Waals surface area contributed by atoms with E-state index in [0.717, 1.165) is 5.56 Å². The Morgan fingerprint density at radius 1 is 1.12 bits per heavy atom. The lowest BCUT2D eigenvalue weighted by Gasteiger charge is -2.13. The first-order chi connectivity index (χ1) is 11.7. The molecule has 0 aliphatic heterocycles. The Morgan fingerprint density at radius 3 is 2.54 bits per heavy atom. The van der Waals surface area contributed by atoms with Crippen LogP contribution in [0, 0.1) is 0 Å². The zero-order valence-corrected chi connectivity index (χ0v) is 13.6. The number of carbonyl (C=O) groups excluding carboxylic acids is 1. The molecule has 0 saturated carbocycles. The lowest BCUT2D eigenvalue weighted by molar-refractivity contribution is 0.0951. The number of hydrogen-bond acceptors (Lipinski definition) is 3. The smallest absolute Gasteiger partial charge is 0.251 e. The summed E-state index contributed by atoms with van der Waals surface area (Å²) in [6.07, 6.45) is 3.18. The van der Waals surface area contributed by atoms with Gasteiger partial charge < -0.3 is 5.32 Å². The second-order valence-electron chi connectivity index (χ2n) is 5.81. The average Bonchev–Trinajstić information content (AvgIpc) is 3.14. The summed E-state index contributed by atoms with van der Waals surface area (Å²) in [6, 6.07) is 17.8. The van der Waals surface area contributed by atoms with E-state index in [4.69, 9.17) is 0 Å². The third kappa shape index (κ3) is 4.07. The van der Waals surface area contributed by atoms with E-state index in [1.54, 1.807) is 11.0 Å². The molecule has 0 aliphatic rings. The van der Waals surface area contributed by atoms with E-state index in [-0.39, 0.29) is 11.8 Å². The molecule has 1 heterocycles. The summed E-state index contributed by atoms with van der Waals surface area (Å²) in [6.45, 7) is 3.37. The van der Waals surface area contributed by atoms with Gasteiger partial charge in [-0.05, 0) is 29.2 Å². The Balaban J connectivity index is 1.55. The van der Waals surface area contributed by atoms with Crippen LogP contribution in [-0.2, 0) is 6.54 Å². The van der Waals surface area contributed by atoms with Gasteiger partial charge in [-0.15, -0.1) is 0 Å². The van der Waals surface area contributed by atoms with Crippen LogP contribution in [0.25, 0.3) is 0 Å². The normalized spacial score (nSPS) is 11.9. The summed E-state index contributed by atoms with van der Waals surface area (Å²) < 4.78 is 1.75. The highest BCUT2D eigenvalue weighted by Gasteiger charge is 2.09. The third-order valence-electron chi connectivity index (χ3n) is 3.96. The molecule has 1 aromatic heterocycles. The molecular weight excluding hydrogens is 300 g/mol. The summed E-state index contributed by atoms with van der Waals surface area (Å²) in [7, 11) is 0. The Bertz CT molecular complexity index is 767. The molecule has 3 aromatic rings. The van der Waals surface area contributed by atoms with Gasteiger partial charge in [0.25, 0.3) is 5.91 Å².